The number of oxazole rings is 1. The maximum absolute atomic E-state index is 13.4. The molecule has 1 saturated heterocycles. The predicted octanol–water partition coefficient (Wildman–Crippen LogP) is 2.74. The molecule has 1 aliphatic rings. The van der Waals surface area contributed by atoms with E-state index in [1.165, 1.54) is 29.9 Å². The number of amides is 2. The van der Waals surface area contributed by atoms with Gasteiger partial charge in [0.25, 0.3) is 0 Å². The number of carbonyl (C=O) groups excluding carboxylic acids is 2. The molecule has 0 spiro atoms. The monoisotopic (exact) mass is 455 g/mol. The van der Waals surface area contributed by atoms with Crippen LogP contribution in [0.1, 0.15) is 24.6 Å². The van der Waals surface area contributed by atoms with E-state index in [0.29, 0.717) is 43.2 Å². The van der Waals surface area contributed by atoms with Gasteiger partial charge in [-0.3, -0.25) is 24.5 Å². The summed E-state index contributed by atoms with van der Waals surface area (Å²) in [5, 5.41) is 3.03. The number of anilines is 1. The van der Waals surface area contributed by atoms with E-state index in [1.807, 2.05) is 0 Å². The number of nitrogens with zero attached hydrogens (tertiary/aromatic N) is 4. The minimum atomic E-state index is -1.03. The zero-order valence-electron chi connectivity index (χ0n) is 17.2. The van der Waals surface area contributed by atoms with Gasteiger partial charge in [-0.2, -0.15) is 0 Å². The van der Waals surface area contributed by atoms with Gasteiger partial charge >= 0.3 is 0 Å². The van der Waals surface area contributed by atoms with Crippen LogP contribution in [-0.2, 0) is 14.3 Å². The second kappa shape index (κ2) is 10.3. The van der Waals surface area contributed by atoms with Crippen molar-refractivity contribution in [1.29, 1.82) is 0 Å². The SMILES string of the molecule is O=C(NC1CCOCC1)C(c1cnccn1)N(C(=O)CCl)c1ccc(-c2cnco2)cc1. The van der Waals surface area contributed by atoms with Gasteiger partial charge in [0, 0.05) is 42.9 Å². The van der Waals surface area contributed by atoms with Gasteiger partial charge in [0.15, 0.2) is 18.2 Å². The fraction of sp³-hybridized carbons (Fsp3) is 0.318. The molecule has 10 heteroatoms. The maximum atomic E-state index is 13.4. The first-order chi connectivity index (χ1) is 15.7. The van der Waals surface area contributed by atoms with E-state index >= 15 is 0 Å². The van der Waals surface area contributed by atoms with Crippen molar-refractivity contribution >= 4 is 29.1 Å². The van der Waals surface area contributed by atoms with Crippen LogP contribution in [0.2, 0.25) is 0 Å². The Morgan fingerprint density at radius 1 is 1.12 bits per heavy atom. The molecule has 4 rings (SSSR count). The molecule has 1 atom stereocenters. The molecule has 3 aromatic rings. The molecular weight excluding hydrogens is 434 g/mol. The van der Waals surface area contributed by atoms with Gasteiger partial charge in [-0.15, -0.1) is 11.6 Å². The van der Waals surface area contributed by atoms with E-state index in [4.69, 9.17) is 20.8 Å². The average molecular weight is 456 g/mol. The summed E-state index contributed by atoms with van der Waals surface area (Å²) in [6, 6.07) is 5.95. The molecule has 1 fully saturated rings. The quantitative estimate of drug-likeness (QED) is 0.545. The van der Waals surface area contributed by atoms with Crippen LogP contribution >= 0.6 is 11.6 Å². The number of ether oxygens (including phenoxy) is 1. The Balaban J connectivity index is 1.69. The summed E-state index contributed by atoms with van der Waals surface area (Å²) >= 11 is 5.94. The summed E-state index contributed by atoms with van der Waals surface area (Å²) in [6.45, 7) is 1.16. The molecule has 0 radical (unpaired) electrons. The van der Waals surface area contributed by atoms with Crippen molar-refractivity contribution in [2.24, 2.45) is 0 Å². The highest BCUT2D eigenvalue weighted by Crippen LogP contribution is 2.30. The maximum Gasteiger partial charge on any atom is 0.249 e. The highest BCUT2D eigenvalue weighted by atomic mass is 35.5. The molecule has 0 bridgehead atoms. The van der Waals surface area contributed by atoms with Gasteiger partial charge < -0.3 is 14.5 Å². The number of hydrogen-bond donors (Lipinski definition) is 1. The second-order valence-electron chi connectivity index (χ2n) is 7.24. The zero-order chi connectivity index (χ0) is 22.3. The molecule has 32 heavy (non-hydrogen) atoms. The Morgan fingerprint density at radius 2 is 1.91 bits per heavy atom. The van der Waals surface area contributed by atoms with E-state index in [0.717, 1.165) is 5.56 Å². The number of hydrogen-bond acceptors (Lipinski definition) is 7. The number of halogens is 1. The molecule has 166 valence electrons. The standard InChI is InChI=1S/C22H22ClN5O4/c23-11-20(29)28(17-3-1-15(2-4-17)19-13-25-14-32-19)21(18-12-24-7-8-26-18)22(30)27-16-5-9-31-10-6-16/h1-4,7-8,12-14,16,21H,5-6,9-11H2,(H,27,30). The number of benzene rings is 1. The van der Waals surface area contributed by atoms with Crippen molar-refractivity contribution in [2.45, 2.75) is 24.9 Å². The molecule has 1 aliphatic heterocycles. The molecule has 3 heterocycles. The lowest BCUT2D eigenvalue weighted by atomic mass is 10.1. The van der Waals surface area contributed by atoms with Crippen LogP contribution in [0.15, 0.2) is 59.9 Å². The lowest BCUT2D eigenvalue weighted by Gasteiger charge is -2.32. The predicted molar refractivity (Wildman–Crippen MR) is 117 cm³/mol. The van der Waals surface area contributed by atoms with Crippen molar-refractivity contribution in [3.05, 3.63) is 61.1 Å². The Hall–Kier alpha value is -3.30. The summed E-state index contributed by atoms with van der Waals surface area (Å²) in [7, 11) is 0. The number of aromatic nitrogens is 3. The molecule has 2 amide bonds. The smallest absolute Gasteiger partial charge is 0.249 e. The van der Waals surface area contributed by atoms with Crippen LogP contribution in [0.4, 0.5) is 5.69 Å². The van der Waals surface area contributed by atoms with E-state index in [-0.39, 0.29) is 17.8 Å². The average Bonchev–Trinajstić information content (AvgIpc) is 3.38. The number of carbonyl (C=O) groups is 2. The van der Waals surface area contributed by atoms with Crippen molar-refractivity contribution in [3.8, 4) is 11.3 Å². The van der Waals surface area contributed by atoms with Gasteiger partial charge in [0.05, 0.1) is 18.1 Å². The number of alkyl halides is 1. The first-order valence-corrected chi connectivity index (χ1v) is 10.7. The first kappa shape index (κ1) is 21.9. The number of rotatable bonds is 7. The summed E-state index contributed by atoms with van der Waals surface area (Å²) < 4.78 is 10.7. The molecule has 0 saturated carbocycles. The van der Waals surface area contributed by atoms with Gasteiger partial charge in [0.1, 0.15) is 5.88 Å². The molecule has 1 N–H and O–H groups in total. The first-order valence-electron chi connectivity index (χ1n) is 10.2. The Labute approximate surface area is 189 Å². The minimum absolute atomic E-state index is 0.0443. The summed E-state index contributed by atoms with van der Waals surface area (Å²) in [5.74, 6) is -0.493. The van der Waals surface area contributed by atoms with Crippen molar-refractivity contribution in [3.63, 3.8) is 0 Å². The van der Waals surface area contributed by atoms with Crippen LogP contribution in [-0.4, -0.2) is 51.9 Å². The largest absolute Gasteiger partial charge is 0.444 e. The summed E-state index contributed by atoms with van der Waals surface area (Å²) in [5.41, 5.74) is 1.62. The molecule has 0 aliphatic carbocycles. The second-order valence-corrected chi connectivity index (χ2v) is 7.51. The van der Waals surface area contributed by atoms with Gasteiger partial charge in [-0.05, 0) is 37.1 Å². The van der Waals surface area contributed by atoms with E-state index in [2.05, 4.69) is 20.3 Å². The van der Waals surface area contributed by atoms with Crippen LogP contribution < -0.4 is 10.2 Å². The number of nitrogens with one attached hydrogen (secondary N) is 1. The van der Waals surface area contributed by atoms with Gasteiger partial charge in [-0.25, -0.2) is 4.98 Å². The lowest BCUT2D eigenvalue weighted by Crippen LogP contribution is -2.48. The van der Waals surface area contributed by atoms with Crippen LogP contribution in [0.25, 0.3) is 11.3 Å². The van der Waals surface area contributed by atoms with E-state index in [9.17, 15) is 9.59 Å². The van der Waals surface area contributed by atoms with Gasteiger partial charge in [-0.1, -0.05) is 0 Å². The van der Waals surface area contributed by atoms with Crippen LogP contribution in [0, 0.1) is 0 Å². The highest BCUT2D eigenvalue weighted by molar-refractivity contribution is 6.29. The normalized spacial score (nSPS) is 15.2. The molecule has 9 nitrogen and oxygen atoms in total. The van der Waals surface area contributed by atoms with E-state index in [1.54, 1.807) is 30.5 Å². The summed E-state index contributed by atoms with van der Waals surface area (Å²) in [6.07, 6.45) is 8.82. The fourth-order valence-electron chi connectivity index (χ4n) is 3.60. The third kappa shape index (κ3) is 4.95. The minimum Gasteiger partial charge on any atom is -0.444 e. The molecular formula is C22H22ClN5O4. The Bertz CT molecular complexity index is 1020. The molecule has 1 aromatic carbocycles. The lowest BCUT2D eigenvalue weighted by molar-refractivity contribution is -0.127. The van der Waals surface area contributed by atoms with Crippen molar-refractivity contribution < 1.29 is 18.7 Å². The van der Waals surface area contributed by atoms with Crippen LogP contribution in [0.3, 0.4) is 0 Å². The van der Waals surface area contributed by atoms with E-state index < -0.39 is 11.9 Å². The Morgan fingerprint density at radius 3 is 2.53 bits per heavy atom. The highest BCUT2D eigenvalue weighted by Gasteiger charge is 2.35. The van der Waals surface area contributed by atoms with Crippen molar-refractivity contribution in [1.82, 2.24) is 20.3 Å². The topological polar surface area (TPSA) is 110 Å². The molecule has 2 aromatic heterocycles. The van der Waals surface area contributed by atoms with Crippen LogP contribution in [0.5, 0.6) is 0 Å². The third-order valence-corrected chi connectivity index (χ3v) is 5.41. The third-order valence-electron chi connectivity index (χ3n) is 5.18. The zero-order valence-corrected chi connectivity index (χ0v) is 17.9. The van der Waals surface area contributed by atoms with Crippen molar-refractivity contribution in [2.75, 3.05) is 24.0 Å². The van der Waals surface area contributed by atoms with Gasteiger partial charge in [0.2, 0.25) is 11.8 Å². The fourth-order valence-corrected chi connectivity index (χ4v) is 3.73. The Kier molecular flexibility index (Phi) is 7.08. The summed E-state index contributed by atoms with van der Waals surface area (Å²) in [4.78, 5) is 40.0. The molecule has 1 unspecified atom stereocenters.